The molecule has 1 aliphatic rings. The normalized spacial score (nSPS) is 17.5. The van der Waals surface area contributed by atoms with Crippen LogP contribution in [0.15, 0.2) is 34.7 Å². The first kappa shape index (κ1) is 16.2. The Balaban J connectivity index is 1.44. The third kappa shape index (κ3) is 4.24. The predicted octanol–water partition coefficient (Wildman–Crippen LogP) is 2.65. The van der Waals surface area contributed by atoms with Crippen LogP contribution in [0.3, 0.4) is 0 Å². The Labute approximate surface area is 153 Å². The lowest BCUT2D eigenvalue weighted by atomic mass is 10.00. The van der Waals surface area contributed by atoms with Gasteiger partial charge in [0, 0.05) is 60.9 Å². The average molecular weight is 379 g/mol. The smallest absolute Gasteiger partial charge is 0.0452 e. The number of hydrogen-bond acceptors (Lipinski definition) is 9. The third-order valence-corrected chi connectivity index (χ3v) is 5.87. The van der Waals surface area contributed by atoms with E-state index >= 15 is 0 Å². The van der Waals surface area contributed by atoms with Gasteiger partial charge in [0.1, 0.15) is 0 Å². The molecule has 1 N–H and O–H groups in total. The molecular weight excluding hydrogens is 360 g/mol. The molecule has 126 valence electrons. The number of hydrazine groups is 2. The molecule has 6 nitrogen and oxygen atoms in total. The van der Waals surface area contributed by atoms with Crippen molar-refractivity contribution in [1.29, 1.82) is 0 Å². The van der Waals surface area contributed by atoms with Crippen molar-refractivity contribution in [2.24, 2.45) is 5.92 Å². The van der Waals surface area contributed by atoms with E-state index in [0.29, 0.717) is 5.92 Å². The van der Waals surface area contributed by atoms with Crippen molar-refractivity contribution in [2.75, 3.05) is 13.1 Å². The highest BCUT2D eigenvalue weighted by molar-refractivity contribution is 7.04. The lowest BCUT2D eigenvalue weighted by Gasteiger charge is -2.40. The first-order valence-corrected chi connectivity index (χ1v) is 10.3. The maximum absolute atomic E-state index is 4.23. The minimum absolute atomic E-state index is 0.570. The summed E-state index contributed by atoms with van der Waals surface area (Å²) in [6.07, 6.45) is 6.96. The van der Waals surface area contributed by atoms with E-state index in [2.05, 4.69) is 44.8 Å². The monoisotopic (exact) mass is 378 g/mol. The van der Waals surface area contributed by atoms with Gasteiger partial charge in [-0.15, -0.1) is 0 Å². The number of aromatic nitrogens is 3. The standard InChI is InChI=1S/C15H18N6S3/c1(12-2-16-22-9-12)13-5-20(7-14-3-17-23-10-14)19-21(6-13)8-15-4-18-24-11-15/h2-4,9-11,13,19H,1,5-8H2. The minimum atomic E-state index is 0.570. The van der Waals surface area contributed by atoms with Crippen LogP contribution in [0.2, 0.25) is 0 Å². The molecule has 0 aromatic carbocycles. The molecule has 0 unspecified atom stereocenters. The van der Waals surface area contributed by atoms with Crippen LogP contribution >= 0.6 is 34.6 Å². The van der Waals surface area contributed by atoms with Crippen LogP contribution in [-0.4, -0.2) is 36.2 Å². The highest BCUT2D eigenvalue weighted by Gasteiger charge is 2.26. The van der Waals surface area contributed by atoms with Gasteiger partial charge in [0.25, 0.3) is 0 Å². The highest BCUT2D eigenvalue weighted by Crippen LogP contribution is 2.19. The summed E-state index contributed by atoms with van der Waals surface area (Å²) in [7, 11) is 0. The molecule has 1 saturated heterocycles. The van der Waals surface area contributed by atoms with Crippen molar-refractivity contribution in [3.63, 3.8) is 0 Å². The van der Waals surface area contributed by atoms with Crippen LogP contribution in [0.25, 0.3) is 0 Å². The molecule has 4 heterocycles. The molecule has 0 atom stereocenters. The molecule has 9 heteroatoms. The van der Waals surface area contributed by atoms with E-state index in [9.17, 15) is 0 Å². The third-order valence-electron chi connectivity index (χ3n) is 3.96. The topological polar surface area (TPSA) is 57.2 Å². The summed E-state index contributed by atoms with van der Waals surface area (Å²) in [5.41, 5.74) is 7.39. The molecule has 24 heavy (non-hydrogen) atoms. The summed E-state index contributed by atoms with van der Waals surface area (Å²) in [5.74, 6) is 0.570. The van der Waals surface area contributed by atoms with Gasteiger partial charge in [-0.3, -0.25) is 0 Å². The fourth-order valence-corrected chi connectivity index (χ4v) is 4.61. The van der Waals surface area contributed by atoms with E-state index in [1.807, 2.05) is 18.6 Å². The van der Waals surface area contributed by atoms with E-state index in [4.69, 9.17) is 0 Å². The molecule has 0 radical (unpaired) electrons. The summed E-state index contributed by atoms with van der Waals surface area (Å²) in [4.78, 5) is 0. The number of nitrogens with one attached hydrogen (secondary N) is 1. The van der Waals surface area contributed by atoms with Crippen molar-refractivity contribution >= 4 is 34.6 Å². The van der Waals surface area contributed by atoms with E-state index in [1.165, 1.54) is 51.3 Å². The molecule has 0 aliphatic carbocycles. The molecule has 3 aromatic heterocycles. The van der Waals surface area contributed by atoms with Gasteiger partial charge in [0.15, 0.2) is 0 Å². The largest absolute Gasteiger partial charge is 0.226 e. The van der Waals surface area contributed by atoms with Crippen LogP contribution in [0.1, 0.15) is 16.7 Å². The molecule has 0 saturated carbocycles. The van der Waals surface area contributed by atoms with E-state index in [0.717, 1.165) is 32.6 Å². The quantitative estimate of drug-likeness (QED) is 0.712. The van der Waals surface area contributed by atoms with Gasteiger partial charge in [-0.05, 0) is 63.6 Å². The maximum atomic E-state index is 4.23. The van der Waals surface area contributed by atoms with Crippen molar-refractivity contribution in [3.05, 3.63) is 51.4 Å². The summed E-state index contributed by atoms with van der Waals surface area (Å²) >= 11 is 4.54. The first-order valence-electron chi connectivity index (χ1n) is 7.76. The Kier molecular flexibility index (Phi) is 5.26. The zero-order chi connectivity index (χ0) is 16.2. The lowest BCUT2D eigenvalue weighted by Crippen LogP contribution is -2.58. The molecular formula is C15H18N6S3. The molecule has 3 aromatic rings. The van der Waals surface area contributed by atoms with Crippen molar-refractivity contribution in [2.45, 2.75) is 19.5 Å². The molecule has 1 fully saturated rings. The lowest BCUT2D eigenvalue weighted by molar-refractivity contribution is -0.0539. The van der Waals surface area contributed by atoms with Crippen LogP contribution < -0.4 is 5.53 Å². The molecule has 0 amide bonds. The van der Waals surface area contributed by atoms with Gasteiger partial charge in [-0.25, -0.2) is 23.1 Å². The van der Waals surface area contributed by atoms with Crippen molar-refractivity contribution in [1.82, 2.24) is 28.7 Å². The Bertz CT molecular complexity index is 606. The zero-order valence-electron chi connectivity index (χ0n) is 13.0. The minimum Gasteiger partial charge on any atom is -0.226 e. The Hall–Kier alpha value is -1.23. The Morgan fingerprint density at radius 2 is 1.33 bits per heavy atom. The molecule has 0 spiro atoms. The Morgan fingerprint density at radius 1 is 0.833 bits per heavy atom. The number of nitrogens with zero attached hydrogens (tertiary/aromatic N) is 5. The summed E-state index contributed by atoms with van der Waals surface area (Å²) in [6.45, 7) is 3.77. The van der Waals surface area contributed by atoms with Gasteiger partial charge in [0.2, 0.25) is 0 Å². The van der Waals surface area contributed by atoms with Gasteiger partial charge >= 0.3 is 0 Å². The second-order valence-corrected chi connectivity index (χ2v) is 8.00. The SMILES string of the molecule is c1nscc1CC1CN(Cc2cnsc2)NN(Cc2cnsc2)C1. The number of hydrogen-bond donors (Lipinski definition) is 1. The average Bonchev–Trinajstić information content (AvgIpc) is 3.30. The van der Waals surface area contributed by atoms with Gasteiger partial charge in [-0.1, -0.05) is 0 Å². The fraction of sp³-hybridized carbons (Fsp3) is 0.400. The fourth-order valence-electron chi connectivity index (χ4n) is 3.00. The van der Waals surface area contributed by atoms with Crippen LogP contribution in [0.5, 0.6) is 0 Å². The zero-order valence-corrected chi connectivity index (χ0v) is 15.5. The first-order chi connectivity index (χ1) is 11.8. The number of rotatable bonds is 6. The molecule has 0 bridgehead atoms. The van der Waals surface area contributed by atoms with Crippen LogP contribution in [-0.2, 0) is 19.5 Å². The highest BCUT2D eigenvalue weighted by atomic mass is 32.1. The van der Waals surface area contributed by atoms with E-state index < -0.39 is 0 Å². The predicted molar refractivity (Wildman–Crippen MR) is 97.5 cm³/mol. The second-order valence-electron chi connectivity index (χ2n) is 6.03. The van der Waals surface area contributed by atoms with Gasteiger partial charge < -0.3 is 0 Å². The van der Waals surface area contributed by atoms with Gasteiger partial charge in [-0.2, -0.15) is 5.53 Å². The summed E-state index contributed by atoms with van der Waals surface area (Å²) in [6, 6.07) is 0. The van der Waals surface area contributed by atoms with E-state index in [1.54, 1.807) is 0 Å². The molecule has 4 rings (SSSR count). The van der Waals surface area contributed by atoms with Crippen LogP contribution in [0.4, 0.5) is 0 Å². The second kappa shape index (κ2) is 7.77. The van der Waals surface area contributed by atoms with Crippen molar-refractivity contribution in [3.8, 4) is 0 Å². The Morgan fingerprint density at radius 3 is 1.79 bits per heavy atom. The maximum Gasteiger partial charge on any atom is 0.0452 e. The van der Waals surface area contributed by atoms with E-state index in [-0.39, 0.29) is 0 Å². The summed E-state index contributed by atoms with van der Waals surface area (Å²) in [5, 5.41) is 11.0. The summed E-state index contributed by atoms with van der Waals surface area (Å²) < 4.78 is 12.6. The van der Waals surface area contributed by atoms with Gasteiger partial charge in [0.05, 0.1) is 0 Å². The van der Waals surface area contributed by atoms with Crippen molar-refractivity contribution < 1.29 is 0 Å². The van der Waals surface area contributed by atoms with Crippen LogP contribution in [0, 0.1) is 5.92 Å². The molecule has 1 aliphatic heterocycles.